The molecule has 0 spiro atoms. The van der Waals surface area contributed by atoms with E-state index in [0.29, 0.717) is 28.2 Å². The van der Waals surface area contributed by atoms with Crippen LogP contribution in [0, 0.1) is 0 Å². The van der Waals surface area contributed by atoms with E-state index in [4.69, 9.17) is 37.7 Å². The molecule has 5 heteroatoms. The summed E-state index contributed by atoms with van der Waals surface area (Å²) in [5.41, 5.74) is 1.59. The standard InChI is InChI=1S/C21H15Cl2NO2/c1-2-25-16-8-10-19-18(12-16)21(26-15-6-3-13(22)4-7-15)17-9-5-14(23)11-20(17)24-19/h3-12H,2H2,1H3. The molecule has 3 aromatic carbocycles. The molecule has 130 valence electrons. The zero-order valence-corrected chi connectivity index (χ0v) is 15.5. The van der Waals surface area contributed by atoms with Crippen LogP contribution in [0.5, 0.6) is 17.2 Å². The molecule has 0 radical (unpaired) electrons. The molecule has 3 nitrogen and oxygen atoms in total. The lowest BCUT2D eigenvalue weighted by Crippen LogP contribution is -1.94. The van der Waals surface area contributed by atoms with Crippen LogP contribution in [0.2, 0.25) is 10.0 Å². The van der Waals surface area contributed by atoms with E-state index in [1.165, 1.54) is 0 Å². The van der Waals surface area contributed by atoms with Crippen LogP contribution in [0.25, 0.3) is 21.8 Å². The Kier molecular flexibility index (Phi) is 4.58. The van der Waals surface area contributed by atoms with Crippen molar-refractivity contribution in [1.29, 1.82) is 0 Å². The average Bonchev–Trinajstić information content (AvgIpc) is 2.63. The Balaban J connectivity index is 1.96. The lowest BCUT2D eigenvalue weighted by Gasteiger charge is -2.14. The van der Waals surface area contributed by atoms with E-state index in [1.807, 2.05) is 55.5 Å². The van der Waals surface area contributed by atoms with Gasteiger partial charge in [-0.2, -0.15) is 0 Å². The van der Waals surface area contributed by atoms with Crippen molar-refractivity contribution in [2.24, 2.45) is 0 Å². The summed E-state index contributed by atoms with van der Waals surface area (Å²) in [7, 11) is 0. The summed E-state index contributed by atoms with van der Waals surface area (Å²) >= 11 is 12.1. The Hall–Kier alpha value is -2.49. The molecule has 0 saturated carbocycles. The Labute approximate surface area is 161 Å². The number of pyridine rings is 1. The predicted molar refractivity (Wildman–Crippen MR) is 107 cm³/mol. The number of benzene rings is 3. The summed E-state index contributed by atoms with van der Waals surface area (Å²) in [6.07, 6.45) is 0. The summed E-state index contributed by atoms with van der Waals surface area (Å²) in [6.45, 7) is 2.55. The minimum absolute atomic E-state index is 0.593. The van der Waals surface area contributed by atoms with E-state index in [1.54, 1.807) is 12.1 Å². The van der Waals surface area contributed by atoms with Crippen LogP contribution < -0.4 is 9.47 Å². The fraction of sp³-hybridized carbons (Fsp3) is 0.0952. The number of hydrogen-bond acceptors (Lipinski definition) is 3. The predicted octanol–water partition coefficient (Wildman–Crippen LogP) is 6.89. The molecule has 0 aliphatic heterocycles. The molecule has 0 aliphatic carbocycles. The summed E-state index contributed by atoms with van der Waals surface area (Å²) in [5.74, 6) is 2.18. The highest BCUT2D eigenvalue weighted by molar-refractivity contribution is 6.31. The monoisotopic (exact) mass is 383 g/mol. The largest absolute Gasteiger partial charge is 0.494 e. The van der Waals surface area contributed by atoms with Gasteiger partial charge in [-0.05, 0) is 67.6 Å². The molecule has 0 atom stereocenters. The molecule has 4 rings (SSSR count). The molecule has 0 bridgehead atoms. The number of fused-ring (bicyclic) bond motifs is 2. The zero-order chi connectivity index (χ0) is 18.1. The Bertz CT molecular complexity index is 1090. The Morgan fingerprint density at radius 1 is 0.769 bits per heavy atom. The summed E-state index contributed by atoms with van der Waals surface area (Å²) in [6, 6.07) is 18.6. The second-order valence-corrected chi connectivity index (χ2v) is 6.64. The maximum Gasteiger partial charge on any atom is 0.146 e. The van der Waals surface area contributed by atoms with Crippen LogP contribution >= 0.6 is 23.2 Å². The van der Waals surface area contributed by atoms with Crippen LogP contribution in [-0.2, 0) is 0 Å². The van der Waals surface area contributed by atoms with Crippen molar-refractivity contribution in [2.45, 2.75) is 6.92 Å². The van der Waals surface area contributed by atoms with Crippen molar-refractivity contribution in [3.63, 3.8) is 0 Å². The first kappa shape index (κ1) is 17.0. The minimum atomic E-state index is 0.593. The second-order valence-electron chi connectivity index (χ2n) is 5.77. The molecule has 4 aromatic rings. The van der Waals surface area contributed by atoms with Gasteiger partial charge in [0.05, 0.1) is 17.6 Å². The topological polar surface area (TPSA) is 31.4 Å². The average molecular weight is 384 g/mol. The van der Waals surface area contributed by atoms with Crippen LogP contribution in [0.1, 0.15) is 6.92 Å². The van der Waals surface area contributed by atoms with Gasteiger partial charge in [-0.1, -0.05) is 23.2 Å². The van der Waals surface area contributed by atoms with Gasteiger partial charge in [0, 0.05) is 20.8 Å². The number of ether oxygens (including phenoxy) is 2. The smallest absolute Gasteiger partial charge is 0.146 e. The van der Waals surface area contributed by atoms with Crippen molar-refractivity contribution in [2.75, 3.05) is 6.61 Å². The molecule has 0 aliphatic rings. The summed E-state index contributed by atoms with van der Waals surface area (Å²) < 4.78 is 11.9. The van der Waals surface area contributed by atoms with Gasteiger partial charge >= 0.3 is 0 Å². The third-order valence-electron chi connectivity index (χ3n) is 4.00. The van der Waals surface area contributed by atoms with Crippen molar-refractivity contribution in [1.82, 2.24) is 4.98 Å². The van der Waals surface area contributed by atoms with Crippen LogP contribution in [0.3, 0.4) is 0 Å². The van der Waals surface area contributed by atoms with Gasteiger partial charge in [0.25, 0.3) is 0 Å². The van der Waals surface area contributed by atoms with Gasteiger partial charge in [0.2, 0.25) is 0 Å². The number of nitrogens with zero attached hydrogens (tertiary/aromatic N) is 1. The fourth-order valence-electron chi connectivity index (χ4n) is 2.85. The lowest BCUT2D eigenvalue weighted by atomic mass is 10.1. The van der Waals surface area contributed by atoms with Gasteiger partial charge < -0.3 is 9.47 Å². The molecule has 0 saturated heterocycles. The fourth-order valence-corrected chi connectivity index (χ4v) is 3.14. The quantitative estimate of drug-likeness (QED) is 0.359. The number of rotatable bonds is 4. The molecule has 1 heterocycles. The van der Waals surface area contributed by atoms with Crippen molar-refractivity contribution in [3.05, 3.63) is 70.7 Å². The SMILES string of the molecule is CCOc1ccc2nc3cc(Cl)ccc3c(Oc3ccc(Cl)cc3)c2c1. The highest BCUT2D eigenvalue weighted by atomic mass is 35.5. The van der Waals surface area contributed by atoms with Crippen LogP contribution in [0.15, 0.2) is 60.7 Å². The number of aromatic nitrogens is 1. The minimum Gasteiger partial charge on any atom is -0.494 e. The molecule has 0 N–H and O–H groups in total. The zero-order valence-electron chi connectivity index (χ0n) is 14.0. The van der Waals surface area contributed by atoms with E-state index >= 15 is 0 Å². The maximum absolute atomic E-state index is 6.24. The van der Waals surface area contributed by atoms with E-state index in [0.717, 1.165) is 27.6 Å². The van der Waals surface area contributed by atoms with Gasteiger partial charge in [-0.25, -0.2) is 4.98 Å². The maximum atomic E-state index is 6.24. The highest BCUT2D eigenvalue weighted by Crippen LogP contribution is 2.38. The van der Waals surface area contributed by atoms with Crippen molar-refractivity contribution >= 4 is 45.0 Å². The lowest BCUT2D eigenvalue weighted by molar-refractivity contribution is 0.340. The first-order valence-electron chi connectivity index (χ1n) is 8.23. The normalized spacial score (nSPS) is 11.0. The van der Waals surface area contributed by atoms with Gasteiger partial charge in [-0.15, -0.1) is 0 Å². The number of halogens is 2. The Morgan fingerprint density at radius 2 is 1.50 bits per heavy atom. The van der Waals surface area contributed by atoms with Gasteiger partial charge in [-0.3, -0.25) is 0 Å². The Morgan fingerprint density at radius 3 is 2.27 bits per heavy atom. The first-order valence-corrected chi connectivity index (χ1v) is 8.99. The molecule has 26 heavy (non-hydrogen) atoms. The van der Waals surface area contributed by atoms with Gasteiger partial charge in [0.1, 0.15) is 17.2 Å². The summed E-state index contributed by atoms with van der Waals surface area (Å²) in [5, 5.41) is 3.05. The molecule has 0 fully saturated rings. The van der Waals surface area contributed by atoms with E-state index in [-0.39, 0.29) is 0 Å². The van der Waals surface area contributed by atoms with E-state index in [9.17, 15) is 0 Å². The van der Waals surface area contributed by atoms with Crippen molar-refractivity contribution in [3.8, 4) is 17.2 Å². The highest BCUT2D eigenvalue weighted by Gasteiger charge is 2.13. The molecule has 0 unspecified atom stereocenters. The third-order valence-corrected chi connectivity index (χ3v) is 4.49. The van der Waals surface area contributed by atoms with Crippen molar-refractivity contribution < 1.29 is 9.47 Å². The number of hydrogen-bond donors (Lipinski definition) is 0. The molecular formula is C21H15Cl2NO2. The van der Waals surface area contributed by atoms with E-state index in [2.05, 4.69) is 0 Å². The molecule has 0 amide bonds. The van der Waals surface area contributed by atoms with Gasteiger partial charge in [0.15, 0.2) is 0 Å². The molecule has 1 aromatic heterocycles. The van der Waals surface area contributed by atoms with Crippen LogP contribution in [0.4, 0.5) is 0 Å². The van der Waals surface area contributed by atoms with E-state index < -0.39 is 0 Å². The summed E-state index contributed by atoms with van der Waals surface area (Å²) in [4.78, 5) is 4.72. The van der Waals surface area contributed by atoms with Crippen LogP contribution in [-0.4, -0.2) is 11.6 Å². The first-order chi connectivity index (χ1) is 12.6. The molecular weight excluding hydrogens is 369 g/mol. The second kappa shape index (κ2) is 7.02. The third kappa shape index (κ3) is 3.28.